The smallest absolute Gasteiger partial charge is 0.0618 e. The second-order valence-corrected chi connectivity index (χ2v) is 4.63. The number of hydrogen-bond donors (Lipinski definition) is 1. The molecule has 1 aliphatic carbocycles. The van der Waals surface area contributed by atoms with E-state index in [1.807, 2.05) is 0 Å². The zero-order valence-corrected chi connectivity index (χ0v) is 10.3. The maximum Gasteiger partial charge on any atom is 0.0618 e. The lowest BCUT2D eigenvalue weighted by molar-refractivity contribution is 0.0755. The van der Waals surface area contributed by atoms with Crippen LogP contribution in [-0.4, -0.2) is 39.0 Å². The first-order valence-corrected chi connectivity index (χ1v) is 6.08. The van der Waals surface area contributed by atoms with E-state index in [0.717, 1.165) is 32.1 Å². The molecule has 0 saturated heterocycles. The molecule has 3 nitrogen and oxygen atoms in total. The average molecular weight is 215 g/mol. The molecule has 0 aromatic carbocycles. The fourth-order valence-electron chi connectivity index (χ4n) is 1.72. The van der Waals surface area contributed by atoms with Crippen molar-refractivity contribution in [1.82, 2.24) is 5.32 Å². The van der Waals surface area contributed by atoms with E-state index in [9.17, 15) is 0 Å². The maximum absolute atomic E-state index is 5.49. The Morgan fingerprint density at radius 2 is 2.07 bits per heavy atom. The monoisotopic (exact) mass is 215 g/mol. The molecule has 1 fully saturated rings. The molecule has 90 valence electrons. The molecule has 3 heteroatoms. The summed E-state index contributed by atoms with van der Waals surface area (Å²) in [7, 11) is 1.78. The molecule has 15 heavy (non-hydrogen) atoms. The highest BCUT2D eigenvalue weighted by Gasteiger charge is 2.30. The van der Waals surface area contributed by atoms with E-state index >= 15 is 0 Å². The van der Waals surface area contributed by atoms with Gasteiger partial charge in [-0.3, -0.25) is 0 Å². The third-order valence-corrected chi connectivity index (χ3v) is 2.72. The minimum absolute atomic E-state index is 0.350. The van der Waals surface area contributed by atoms with Crippen LogP contribution in [0.15, 0.2) is 0 Å². The number of methoxy groups -OCH3 is 1. The fraction of sp³-hybridized carbons (Fsp3) is 1.00. The lowest BCUT2D eigenvalue weighted by Crippen LogP contribution is -2.36. The first-order valence-electron chi connectivity index (χ1n) is 6.08. The summed E-state index contributed by atoms with van der Waals surface area (Å²) in [6.45, 7) is 6.89. The Balaban J connectivity index is 1.96. The normalized spacial score (nSPS) is 18.4. The summed E-state index contributed by atoms with van der Waals surface area (Å²) in [5.74, 6) is 0.857. The van der Waals surface area contributed by atoms with Crippen LogP contribution in [0.3, 0.4) is 0 Å². The number of ether oxygens (including phenoxy) is 2. The van der Waals surface area contributed by atoms with E-state index in [0.29, 0.717) is 12.1 Å². The van der Waals surface area contributed by atoms with Gasteiger partial charge in [0.25, 0.3) is 0 Å². The van der Waals surface area contributed by atoms with Crippen LogP contribution in [0.1, 0.15) is 33.1 Å². The Bertz CT molecular complexity index is 158. The molecule has 0 radical (unpaired) electrons. The molecule has 1 atom stereocenters. The highest BCUT2D eigenvalue weighted by molar-refractivity contribution is 4.86. The molecule has 0 spiro atoms. The van der Waals surface area contributed by atoms with E-state index in [1.165, 1.54) is 12.8 Å². The number of hydrogen-bond acceptors (Lipinski definition) is 3. The minimum Gasteiger partial charge on any atom is -0.383 e. The fourth-order valence-corrected chi connectivity index (χ4v) is 1.72. The van der Waals surface area contributed by atoms with Crippen molar-refractivity contribution in [2.75, 3.05) is 26.9 Å². The van der Waals surface area contributed by atoms with Crippen molar-refractivity contribution >= 4 is 0 Å². The van der Waals surface area contributed by atoms with Gasteiger partial charge >= 0.3 is 0 Å². The van der Waals surface area contributed by atoms with Gasteiger partial charge in [0, 0.05) is 19.8 Å². The van der Waals surface area contributed by atoms with Gasteiger partial charge in [0.1, 0.15) is 0 Å². The van der Waals surface area contributed by atoms with E-state index in [4.69, 9.17) is 9.47 Å². The summed E-state index contributed by atoms with van der Waals surface area (Å²) in [6, 6.07) is 0.564. The zero-order chi connectivity index (χ0) is 11.1. The van der Waals surface area contributed by atoms with Crippen LogP contribution < -0.4 is 5.32 Å². The van der Waals surface area contributed by atoms with Gasteiger partial charge in [0.2, 0.25) is 0 Å². The number of rotatable bonds is 9. The first kappa shape index (κ1) is 12.9. The van der Waals surface area contributed by atoms with Crippen molar-refractivity contribution in [2.24, 2.45) is 5.92 Å². The second-order valence-electron chi connectivity index (χ2n) is 4.63. The zero-order valence-electron chi connectivity index (χ0n) is 10.3. The van der Waals surface area contributed by atoms with Crippen LogP contribution in [0, 0.1) is 5.92 Å². The molecule has 0 aromatic heterocycles. The van der Waals surface area contributed by atoms with Gasteiger partial charge in [0.05, 0.1) is 12.7 Å². The van der Waals surface area contributed by atoms with E-state index < -0.39 is 0 Å². The van der Waals surface area contributed by atoms with Crippen molar-refractivity contribution in [2.45, 2.75) is 45.3 Å². The first-order chi connectivity index (χ1) is 7.24. The molecule has 1 unspecified atom stereocenters. The van der Waals surface area contributed by atoms with Crippen LogP contribution in [-0.2, 0) is 9.47 Å². The van der Waals surface area contributed by atoms with Gasteiger partial charge in [-0.25, -0.2) is 0 Å². The summed E-state index contributed by atoms with van der Waals surface area (Å²) in [4.78, 5) is 0. The van der Waals surface area contributed by atoms with Crippen molar-refractivity contribution in [3.05, 3.63) is 0 Å². The molecule has 0 bridgehead atoms. The van der Waals surface area contributed by atoms with Crippen molar-refractivity contribution in [3.63, 3.8) is 0 Å². The Kier molecular flexibility index (Phi) is 6.22. The summed E-state index contributed by atoms with van der Waals surface area (Å²) in [5.41, 5.74) is 0. The average Bonchev–Trinajstić information content (AvgIpc) is 2.98. The van der Waals surface area contributed by atoms with Crippen LogP contribution >= 0.6 is 0 Å². The van der Waals surface area contributed by atoms with Crippen LogP contribution in [0.25, 0.3) is 0 Å². The topological polar surface area (TPSA) is 30.5 Å². The molecule has 1 aliphatic rings. The lowest BCUT2D eigenvalue weighted by Gasteiger charge is -2.17. The Morgan fingerprint density at radius 3 is 2.60 bits per heavy atom. The summed E-state index contributed by atoms with van der Waals surface area (Å²) in [6.07, 6.45) is 4.17. The standard InChI is InChI=1S/C12H25NO2/c1-10(2)15-8-4-7-13-12(9-14-3)11-5-6-11/h10-13H,4-9H2,1-3H3. The third-order valence-electron chi connectivity index (χ3n) is 2.72. The van der Waals surface area contributed by atoms with E-state index in [1.54, 1.807) is 7.11 Å². The van der Waals surface area contributed by atoms with Crippen molar-refractivity contribution in [3.8, 4) is 0 Å². The highest BCUT2D eigenvalue weighted by Crippen LogP contribution is 2.32. The maximum atomic E-state index is 5.49. The minimum atomic E-state index is 0.350. The summed E-state index contributed by atoms with van der Waals surface area (Å²) < 4.78 is 10.7. The molecular formula is C12H25NO2. The molecule has 0 amide bonds. The largest absolute Gasteiger partial charge is 0.383 e. The highest BCUT2D eigenvalue weighted by atomic mass is 16.5. The van der Waals surface area contributed by atoms with Crippen molar-refractivity contribution in [1.29, 1.82) is 0 Å². The molecular weight excluding hydrogens is 190 g/mol. The van der Waals surface area contributed by atoms with E-state index in [2.05, 4.69) is 19.2 Å². The third kappa shape index (κ3) is 6.13. The van der Waals surface area contributed by atoms with Gasteiger partial charge in [-0.2, -0.15) is 0 Å². The molecule has 1 saturated carbocycles. The van der Waals surface area contributed by atoms with Crippen LogP contribution in [0.4, 0.5) is 0 Å². The molecule has 0 aromatic rings. The molecule has 0 aliphatic heterocycles. The quantitative estimate of drug-likeness (QED) is 0.595. The Morgan fingerprint density at radius 1 is 1.33 bits per heavy atom. The number of nitrogens with one attached hydrogen (secondary N) is 1. The van der Waals surface area contributed by atoms with E-state index in [-0.39, 0.29) is 0 Å². The second kappa shape index (κ2) is 7.20. The predicted octanol–water partition coefficient (Wildman–Crippen LogP) is 1.82. The summed E-state index contributed by atoms with van der Waals surface area (Å²) >= 11 is 0. The molecule has 1 N–H and O–H groups in total. The van der Waals surface area contributed by atoms with Crippen LogP contribution in [0.2, 0.25) is 0 Å². The van der Waals surface area contributed by atoms with Crippen LogP contribution in [0.5, 0.6) is 0 Å². The SMILES string of the molecule is COCC(NCCCOC(C)C)C1CC1. The summed E-state index contributed by atoms with van der Waals surface area (Å²) in [5, 5.41) is 3.55. The van der Waals surface area contributed by atoms with Gasteiger partial charge < -0.3 is 14.8 Å². The lowest BCUT2D eigenvalue weighted by atomic mass is 10.2. The predicted molar refractivity (Wildman–Crippen MR) is 62.1 cm³/mol. The molecule has 1 rings (SSSR count). The van der Waals surface area contributed by atoms with Crippen molar-refractivity contribution < 1.29 is 9.47 Å². The van der Waals surface area contributed by atoms with Gasteiger partial charge in [-0.1, -0.05) is 0 Å². The van der Waals surface area contributed by atoms with Gasteiger partial charge in [-0.15, -0.1) is 0 Å². The Labute approximate surface area is 93.5 Å². The Hall–Kier alpha value is -0.120. The van der Waals surface area contributed by atoms with Gasteiger partial charge in [0.15, 0.2) is 0 Å². The van der Waals surface area contributed by atoms with Gasteiger partial charge in [-0.05, 0) is 45.6 Å². The molecule has 0 heterocycles.